The standard InChI is InChI=1S/C12H17NO/c1-9-5-3-4-6-10(9)12(2)11(13)7-8-14-12/h3-6,11H,7-8,13H2,1-2H3. The van der Waals surface area contributed by atoms with Gasteiger partial charge in [-0.2, -0.15) is 0 Å². The molecule has 1 aliphatic rings. The highest BCUT2D eigenvalue weighted by Crippen LogP contribution is 2.36. The summed E-state index contributed by atoms with van der Waals surface area (Å²) in [7, 11) is 0. The molecule has 14 heavy (non-hydrogen) atoms. The minimum atomic E-state index is -0.286. The molecule has 2 heteroatoms. The van der Waals surface area contributed by atoms with Crippen LogP contribution in [0.25, 0.3) is 0 Å². The van der Waals surface area contributed by atoms with Crippen LogP contribution in [0.2, 0.25) is 0 Å². The second-order valence-corrected chi connectivity index (χ2v) is 4.17. The van der Waals surface area contributed by atoms with Gasteiger partial charge >= 0.3 is 0 Å². The van der Waals surface area contributed by atoms with E-state index in [0.29, 0.717) is 0 Å². The van der Waals surface area contributed by atoms with E-state index in [-0.39, 0.29) is 11.6 Å². The lowest BCUT2D eigenvalue weighted by atomic mass is 9.86. The van der Waals surface area contributed by atoms with Crippen LogP contribution in [0.15, 0.2) is 24.3 Å². The fourth-order valence-electron chi connectivity index (χ4n) is 2.19. The Labute approximate surface area is 85.1 Å². The number of hydrogen-bond donors (Lipinski definition) is 1. The Hall–Kier alpha value is -0.860. The third-order valence-electron chi connectivity index (χ3n) is 3.22. The minimum Gasteiger partial charge on any atom is -0.369 e. The van der Waals surface area contributed by atoms with E-state index in [1.165, 1.54) is 11.1 Å². The third kappa shape index (κ3) is 1.35. The van der Waals surface area contributed by atoms with Crippen LogP contribution in [0.3, 0.4) is 0 Å². The molecule has 1 aromatic rings. The second-order valence-electron chi connectivity index (χ2n) is 4.17. The van der Waals surface area contributed by atoms with E-state index in [4.69, 9.17) is 10.5 Å². The molecule has 1 aromatic carbocycles. The van der Waals surface area contributed by atoms with Crippen LogP contribution >= 0.6 is 0 Å². The number of nitrogens with two attached hydrogens (primary N) is 1. The fraction of sp³-hybridized carbons (Fsp3) is 0.500. The second kappa shape index (κ2) is 3.37. The molecular weight excluding hydrogens is 174 g/mol. The molecule has 2 atom stereocenters. The van der Waals surface area contributed by atoms with E-state index in [1.54, 1.807) is 0 Å². The van der Waals surface area contributed by atoms with Gasteiger partial charge in [0.05, 0.1) is 0 Å². The van der Waals surface area contributed by atoms with Crippen molar-refractivity contribution in [1.82, 2.24) is 0 Å². The summed E-state index contributed by atoms with van der Waals surface area (Å²) in [6.07, 6.45) is 0.949. The average molecular weight is 191 g/mol. The molecule has 0 aliphatic carbocycles. The van der Waals surface area contributed by atoms with Crippen molar-refractivity contribution in [2.24, 2.45) is 5.73 Å². The molecule has 0 saturated carbocycles. The maximum atomic E-state index is 6.09. The van der Waals surface area contributed by atoms with Crippen LogP contribution in [0.5, 0.6) is 0 Å². The van der Waals surface area contributed by atoms with Crippen LogP contribution in [0, 0.1) is 6.92 Å². The predicted molar refractivity (Wildman–Crippen MR) is 57.1 cm³/mol. The van der Waals surface area contributed by atoms with Gasteiger partial charge in [-0.25, -0.2) is 0 Å². The number of ether oxygens (including phenoxy) is 1. The molecule has 2 nitrogen and oxygen atoms in total. The summed E-state index contributed by atoms with van der Waals surface area (Å²) < 4.78 is 5.79. The average Bonchev–Trinajstić information content (AvgIpc) is 2.49. The molecular formula is C12H17NO. The van der Waals surface area contributed by atoms with Crippen LogP contribution in [-0.4, -0.2) is 12.6 Å². The largest absolute Gasteiger partial charge is 0.369 e. The topological polar surface area (TPSA) is 35.2 Å². The molecule has 2 N–H and O–H groups in total. The highest BCUT2D eigenvalue weighted by Gasteiger charge is 2.39. The van der Waals surface area contributed by atoms with E-state index >= 15 is 0 Å². The Morgan fingerprint density at radius 2 is 2.14 bits per heavy atom. The van der Waals surface area contributed by atoms with Gasteiger partial charge in [-0.1, -0.05) is 24.3 Å². The number of hydrogen-bond acceptors (Lipinski definition) is 2. The highest BCUT2D eigenvalue weighted by atomic mass is 16.5. The quantitative estimate of drug-likeness (QED) is 0.736. The molecule has 2 rings (SSSR count). The molecule has 0 radical (unpaired) electrons. The molecule has 2 unspecified atom stereocenters. The van der Waals surface area contributed by atoms with Crippen molar-refractivity contribution >= 4 is 0 Å². The lowest BCUT2D eigenvalue weighted by Gasteiger charge is -2.30. The van der Waals surface area contributed by atoms with Crippen LogP contribution < -0.4 is 5.73 Å². The molecule has 76 valence electrons. The minimum absolute atomic E-state index is 0.114. The molecule has 1 heterocycles. The summed E-state index contributed by atoms with van der Waals surface area (Å²) in [6, 6.07) is 8.42. The van der Waals surface area contributed by atoms with Gasteiger partial charge in [-0.05, 0) is 31.4 Å². The van der Waals surface area contributed by atoms with E-state index < -0.39 is 0 Å². The summed E-state index contributed by atoms with van der Waals surface area (Å²) in [6.45, 7) is 4.97. The van der Waals surface area contributed by atoms with Crippen molar-refractivity contribution in [3.05, 3.63) is 35.4 Å². The zero-order valence-corrected chi connectivity index (χ0v) is 8.79. The Morgan fingerprint density at radius 3 is 2.71 bits per heavy atom. The maximum Gasteiger partial charge on any atom is 0.106 e. The molecule has 0 aromatic heterocycles. The summed E-state index contributed by atoms with van der Waals surface area (Å²) in [5.74, 6) is 0. The number of rotatable bonds is 1. The van der Waals surface area contributed by atoms with Crippen LogP contribution in [-0.2, 0) is 10.3 Å². The molecule has 0 amide bonds. The SMILES string of the molecule is Cc1ccccc1C1(C)OCCC1N. The maximum absolute atomic E-state index is 6.09. The van der Waals surface area contributed by atoms with Gasteiger partial charge in [0.25, 0.3) is 0 Å². The van der Waals surface area contributed by atoms with Gasteiger partial charge in [0.2, 0.25) is 0 Å². The van der Waals surface area contributed by atoms with E-state index in [2.05, 4.69) is 26.0 Å². The first-order valence-corrected chi connectivity index (χ1v) is 5.10. The van der Waals surface area contributed by atoms with Gasteiger partial charge in [0.1, 0.15) is 5.60 Å². The van der Waals surface area contributed by atoms with Gasteiger partial charge < -0.3 is 10.5 Å². The summed E-state index contributed by atoms with van der Waals surface area (Å²) in [5, 5.41) is 0. The van der Waals surface area contributed by atoms with Crippen molar-refractivity contribution in [3.8, 4) is 0 Å². The van der Waals surface area contributed by atoms with E-state index in [0.717, 1.165) is 13.0 Å². The first-order chi connectivity index (χ1) is 6.64. The molecule has 1 fully saturated rings. The van der Waals surface area contributed by atoms with Crippen molar-refractivity contribution in [3.63, 3.8) is 0 Å². The number of benzene rings is 1. The Morgan fingerprint density at radius 1 is 1.43 bits per heavy atom. The van der Waals surface area contributed by atoms with Gasteiger partial charge in [0.15, 0.2) is 0 Å². The smallest absolute Gasteiger partial charge is 0.106 e. The molecule has 1 saturated heterocycles. The zero-order valence-electron chi connectivity index (χ0n) is 8.79. The fourth-order valence-corrected chi connectivity index (χ4v) is 2.19. The number of aryl methyl sites for hydroxylation is 1. The van der Waals surface area contributed by atoms with Gasteiger partial charge in [-0.15, -0.1) is 0 Å². The van der Waals surface area contributed by atoms with Gasteiger partial charge in [0, 0.05) is 12.6 Å². The monoisotopic (exact) mass is 191 g/mol. The van der Waals surface area contributed by atoms with Crippen LogP contribution in [0.4, 0.5) is 0 Å². The van der Waals surface area contributed by atoms with Crippen molar-refractivity contribution in [2.75, 3.05) is 6.61 Å². The van der Waals surface area contributed by atoms with Crippen LogP contribution in [0.1, 0.15) is 24.5 Å². The molecule has 0 spiro atoms. The van der Waals surface area contributed by atoms with E-state index in [9.17, 15) is 0 Å². The summed E-state index contributed by atoms with van der Waals surface area (Å²) in [5.41, 5.74) is 8.29. The third-order valence-corrected chi connectivity index (χ3v) is 3.22. The first-order valence-electron chi connectivity index (χ1n) is 5.10. The molecule has 0 bridgehead atoms. The Balaban J connectivity index is 2.43. The van der Waals surface area contributed by atoms with Crippen molar-refractivity contribution < 1.29 is 4.74 Å². The van der Waals surface area contributed by atoms with Crippen molar-refractivity contribution in [1.29, 1.82) is 0 Å². The van der Waals surface area contributed by atoms with Crippen molar-refractivity contribution in [2.45, 2.75) is 31.9 Å². The first kappa shape index (κ1) is 9.69. The highest BCUT2D eigenvalue weighted by molar-refractivity contribution is 5.33. The Kier molecular flexibility index (Phi) is 2.33. The van der Waals surface area contributed by atoms with Gasteiger partial charge in [-0.3, -0.25) is 0 Å². The summed E-state index contributed by atoms with van der Waals surface area (Å²) >= 11 is 0. The lowest BCUT2D eigenvalue weighted by molar-refractivity contribution is 0.00755. The predicted octanol–water partition coefficient (Wildman–Crippen LogP) is 1.96. The molecule has 1 aliphatic heterocycles. The Bertz CT molecular complexity index is 337. The normalized spacial score (nSPS) is 32.1. The zero-order chi connectivity index (χ0) is 10.2. The van der Waals surface area contributed by atoms with E-state index in [1.807, 2.05) is 12.1 Å². The summed E-state index contributed by atoms with van der Waals surface area (Å²) in [4.78, 5) is 0. The lowest BCUT2D eigenvalue weighted by Crippen LogP contribution is -2.39.